The smallest absolute Gasteiger partial charge is 0.227 e. The van der Waals surface area contributed by atoms with Crippen molar-refractivity contribution >= 4 is 23.0 Å². The molecule has 3 fully saturated rings. The zero-order valence-corrected chi connectivity index (χ0v) is 14.6. The van der Waals surface area contributed by atoms with Crippen molar-refractivity contribution < 1.29 is 4.79 Å². The van der Waals surface area contributed by atoms with Gasteiger partial charge in [-0.2, -0.15) is 0 Å². The van der Waals surface area contributed by atoms with Crippen LogP contribution in [-0.2, 0) is 4.79 Å². The molecule has 0 bridgehead atoms. The van der Waals surface area contributed by atoms with Gasteiger partial charge in [0, 0.05) is 37.8 Å². The topological polar surface area (TPSA) is 35.6 Å². The van der Waals surface area contributed by atoms with Crippen LogP contribution in [0.5, 0.6) is 0 Å². The van der Waals surface area contributed by atoms with Crippen LogP contribution in [-0.4, -0.2) is 32.1 Å². The van der Waals surface area contributed by atoms with E-state index in [1.807, 2.05) is 0 Å². The molecule has 4 nitrogen and oxygen atoms in total. The standard InChI is InChI=1S/C20H29N3O/c24-20(16-7-8-16)21-18-15-17(22-11-3-1-4-12-22)9-10-19(18)23-13-5-2-6-14-23/h9-10,15-16H,1-8,11-14H2,(H,21,24). The molecule has 2 saturated heterocycles. The van der Waals surface area contributed by atoms with E-state index in [1.165, 1.54) is 49.9 Å². The zero-order valence-electron chi connectivity index (χ0n) is 14.6. The molecule has 1 saturated carbocycles. The molecular weight excluding hydrogens is 298 g/mol. The first-order valence-electron chi connectivity index (χ1n) is 9.76. The molecule has 0 atom stereocenters. The third-order valence-electron chi connectivity index (χ3n) is 5.60. The van der Waals surface area contributed by atoms with Gasteiger partial charge < -0.3 is 15.1 Å². The van der Waals surface area contributed by atoms with Crippen LogP contribution >= 0.6 is 0 Å². The number of hydrogen-bond acceptors (Lipinski definition) is 3. The Morgan fingerprint density at radius 3 is 2.12 bits per heavy atom. The van der Waals surface area contributed by atoms with Gasteiger partial charge in [0.2, 0.25) is 5.91 Å². The number of amides is 1. The van der Waals surface area contributed by atoms with Gasteiger partial charge in [0.05, 0.1) is 11.4 Å². The third-order valence-corrected chi connectivity index (χ3v) is 5.60. The lowest BCUT2D eigenvalue weighted by molar-refractivity contribution is -0.117. The van der Waals surface area contributed by atoms with Crippen molar-refractivity contribution in [1.29, 1.82) is 0 Å². The van der Waals surface area contributed by atoms with Gasteiger partial charge in [-0.3, -0.25) is 4.79 Å². The number of nitrogens with zero attached hydrogens (tertiary/aromatic N) is 2. The van der Waals surface area contributed by atoms with Crippen LogP contribution < -0.4 is 15.1 Å². The second-order valence-electron chi connectivity index (χ2n) is 7.56. The average molecular weight is 327 g/mol. The van der Waals surface area contributed by atoms with E-state index in [-0.39, 0.29) is 11.8 Å². The molecule has 1 N–H and O–H groups in total. The van der Waals surface area contributed by atoms with E-state index in [1.54, 1.807) is 0 Å². The van der Waals surface area contributed by atoms with Crippen molar-refractivity contribution in [2.75, 3.05) is 41.3 Å². The molecule has 4 rings (SSSR count). The third kappa shape index (κ3) is 3.52. The molecule has 1 amide bonds. The molecule has 0 spiro atoms. The molecular formula is C20H29N3O. The number of rotatable bonds is 4. The predicted molar refractivity (Wildman–Crippen MR) is 99.9 cm³/mol. The summed E-state index contributed by atoms with van der Waals surface area (Å²) >= 11 is 0. The first-order valence-corrected chi connectivity index (χ1v) is 9.76. The Kier molecular flexibility index (Phi) is 4.63. The highest BCUT2D eigenvalue weighted by molar-refractivity contribution is 5.97. The van der Waals surface area contributed by atoms with Gasteiger partial charge in [-0.15, -0.1) is 0 Å². The molecule has 1 aromatic rings. The minimum Gasteiger partial charge on any atom is -0.371 e. The van der Waals surface area contributed by atoms with Gasteiger partial charge >= 0.3 is 0 Å². The minimum atomic E-state index is 0.212. The Balaban J connectivity index is 1.59. The summed E-state index contributed by atoms with van der Waals surface area (Å²) in [6.07, 6.45) is 9.83. The van der Waals surface area contributed by atoms with Crippen LogP contribution in [0.3, 0.4) is 0 Å². The van der Waals surface area contributed by atoms with Crippen molar-refractivity contribution in [2.24, 2.45) is 5.92 Å². The van der Waals surface area contributed by atoms with Crippen molar-refractivity contribution in [3.05, 3.63) is 18.2 Å². The summed E-state index contributed by atoms with van der Waals surface area (Å²) in [5.41, 5.74) is 3.50. The summed E-state index contributed by atoms with van der Waals surface area (Å²) < 4.78 is 0. The van der Waals surface area contributed by atoms with E-state index >= 15 is 0 Å². The Morgan fingerprint density at radius 2 is 1.50 bits per heavy atom. The number of anilines is 3. The first-order chi connectivity index (χ1) is 11.8. The summed E-state index contributed by atoms with van der Waals surface area (Å²) in [7, 11) is 0. The Morgan fingerprint density at radius 1 is 0.875 bits per heavy atom. The van der Waals surface area contributed by atoms with Crippen molar-refractivity contribution in [3.63, 3.8) is 0 Å². The van der Waals surface area contributed by atoms with Crippen molar-refractivity contribution in [1.82, 2.24) is 0 Å². The fraction of sp³-hybridized carbons (Fsp3) is 0.650. The second kappa shape index (κ2) is 7.04. The average Bonchev–Trinajstić information content (AvgIpc) is 3.48. The SMILES string of the molecule is O=C(Nc1cc(N2CCCCC2)ccc1N1CCCCC1)C1CC1. The Hall–Kier alpha value is -1.71. The molecule has 0 radical (unpaired) electrons. The van der Waals surface area contributed by atoms with Crippen molar-refractivity contribution in [2.45, 2.75) is 51.4 Å². The fourth-order valence-corrected chi connectivity index (χ4v) is 3.96. The second-order valence-corrected chi connectivity index (χ2v) is 7.56. The van der Waals surface area contributed by atoms with E-state index in [4.69, 9.17) is 0 Å². The van der Waals surface area contributed by atoms with E-state index in [2.05, 4.69) is 33.3 Å². The molecule has 0 unspecified atom stereocenters. The molecule has 4 heteroatoms. The van der Waals surface area contributed by atoms with Crippen LogP contribution in [0.15, 0.2) is 18.2 Å². The summed E-state index contributed by atoms with van der Waals surface area (Å²) in [6, 6.07) is 6.70. The molecule has 1 aromatic carbocycles. The summed E-state index contributed by atoms with van der Waals surface area (Å²) in [4.78, 5) is 17.3. The highest BCUT2D eigenvalue weighted by atomic mass is 16.2. The van der Waals surface area contributed by atoms with Crippen LogP contribution in [0.4, 0.5) is 17.1 Å². The maximum atomic E-state index is 12.4. The Labute approximate surface area is 145 Å². The molecule has 2 aliphatic heterocycles. The normalized spacial score (nSPS) is 21.7. The van der Waals surface area contributed by atoms with Gasteiger partial charge in [0.15, 0.2) is 0 Å². The van der Waals surface area contributed by atoms with Gasteiger partial charge in [-0.1, -0.05) is 0 Å². The lowest BCUT2D eigenvalue weighted by atomic mass is 10.1. The highest BCUT2D eigenvalue weighted by Gasteiger charge is 2.30. The van der Waals surface area contributed by atoms with Gasteiger partial charge in [-0.25, -0.2) is 0 Å². The minimum absolute atomic E-state index is 0.212. The molecule has 1 aliphatic carbocycles. The zero-order chi connectivity index (χ0) is 16.4. The number of carbonyl (C=O) groups excluding carboxylic acids is 1. The number of benzene rings is 1. The van der Waals surface area contributed by atoms with Crippen LogP contribution in [0, 0.1) is 5.92 Å². The van der Waals surface area contributed by atoms with Crippen LogP contribution in [0.25, 0.3) is 0 Å². The van der Waals surface area contributed by atoms with E-state index < -0.39 is 0 Å². The van der Waals surface area contributed by atoms with Gasteiger partial charge in [0.25, 0.3) is 0 Å². The highest BCUT2D eigenvalue weighted by Crippen LogP contribution is 2.36. The van der Waals surface area contributed by atoms with E-state index in [0.717, 1.165) is 44.7 Å². The number of carbonyl (C=O) groups is 1. The van der Waals surface area contributed by atoms with Gasteiger partial charge in [0.1, 0.15) is 0 Å². The maximum Gasteiger partial charge on any atom is 0.227 e. The summed E-state index contributed by atoms with van der Waals surface area (Å²) in [5.74, 6) is 0.460. The molecule has 3 aliphatic rings. The Bertz CT molecular complexity index is 585. The van der Waals surface area contributed by atoms with Crippen molar-refractivity contribution in [3.8, 4) is 0 Å². The molecule has 24 heavy (non-hydrogen) atoms. The summed E-state index contributed by atoms with van der Waals surface area (Å²) in [5, 5.41) is 3.24. The van der Waals surface area contributed by atoms with E-state index in [9.17, 15) is 4.79 Å². The summed E-state index contributed by atoms with van der Waals surface area (Å²) in [6.45, 7) is 4.49. The fourth-order valence-electron chi connectivity index (χ4n) is 3.96. The quantitative estimate of drug-likeness (QED) is 0.907. The maximum absolute atomic E-state index is 12.4. The van der Waals surface area contributed by atoms with Gasteiger partial charge in [-0.05, 0) is 69.6 Å². The number of piperidine rings is 2. The number of hydrogen-bond donors (Lipinski definition) is 1. The molecule has 130 valence electrons. The largest absolute Gasteiger partial charge is 0.371 e. The first kappa shape index (κ1) is 15.8. The number of nitrogens with one attached hydrogen (secondary N) is 1. The lowest BCUT2D eigenvalue weighted by Gasteiger charge is -2.33. The monoisotopic (exact) mass is 327 g/mol. The lowest BCUT2D eigenvalue weighted by Crippen LogP contribution is -2.32. The van der Waals surface area contributed by atoms with Crippen LogP contribution in [0.2, 0.25) is 0 Å². The molecule has 0 aromatic heterocycles. The molecule has 2 heterocycles. The van der Waals surface area contributed by atoms with E-state index in [0.29, 0.717) is 0 Å². The predicted octanol–water partition coefficient (Wildman–Crippen LogP) is 4.02. The van der Waals surface area contributed by atoms with Crippen LogP contribution in [0.1, 0.15) is 51.4 Å².